The van der Waals surface area contributed by atoms with Crippen LogP contribution in [-0.4, -0.2) is 35.6 Å². The van der Waals surface area contributed by atoms with Crippen LogP contribution in [0, 0.1) is 0 Å². The third-order valence-electron chi connectivity index (χ3n) is 4.52. The minimum Gasteiger partial charge on any atom is -0.492 e. The van der Waals surface area contributed by atoms with Crippen LogP contribution < -0.4 is 10.5 Å². The largest absolute Gasteiger partial charge is 0.492 e. The average Bonchev–Trinajstić information content (AvgIpc) is 2.68. The molecule has 0 saturated heterocycles. The van der Waals surface area contributed by atoms with Gasteiger partial charge in [-0.3, -0.25) is 0 Å². The molecule has 0 fully saturated rings. The van der Waals surface area contributed by atoms with Gasteiger partial charge < -0.3 is 20.7 Å². The molecule has 0 bridgehead atoms. The standard InChI is InChI=1S/C21H28ClNO3.ClH/c1-2-3-12-26-20-9-8-18(13-19(20)22)17-6-4-16(5-7-17)10-11-21(23,14-24)15-25;/h4-9,13,24-25H,2-3,10-12,14-15,23H2,1H3;1H. The van der Waals surface area contributed by atoms with Gasteiger partial charge in [-0.25, -0.2) is 0 Å². The summed E-state index contributed by atoms with van der Waals surface area (Å²) in [4.78, 5) is 0. The Morgan fingerprint density at radius 3 is 2.22 bits per heavy atom. The Balaban J connectivity index is 0.00000364. The van der Waals surface area contributed by atoms with E-state index in [1.165, 1.54) is 0 Å². The van der Waals surface area contributed by atoms with E-state index in [0.29, 0.717) is 30.2 Å². The van der Waals surface area contributed by atoms with Gasteiger partial charge in [-0.2, -0.15) is 0 Å². The Morgan fingerprint density at radius 1 is 1.04 bits per heavy atom. The monoisotopic (exact) mass is 413 g/mol. The highest BCUT2D eigenvalue weighted by molar-refractivity contribution is 6.32. The number of benzene rings is 2. The maximum Gasteiger partial charge on any atom is 0.137 e. The summed E-state index contributed by atoms with van der Waals surface area (Å²) in [6.45, 7) is 2.34. The van der Waals surface area contributed by atoms with E-state index in [2.05, 4.69) is 6.92 Å². The zero-order chi connectivity index (χ0) is 19.0. The number of unbranched alkanes of at least 4 members (excludes halogenated alkanes) is 1. The number of halogens is 2. The van der Waals surface area contributed by atoms with E-state index in [-0.39, 0.29) is 25.6 Å². The molecule has 2 rings (SSSR count). The smallest absolute Gasteiger partial charge is 0.137 e. The second-order valence-corrected chi connectivity index (χ2v) is 7.13. The zero-order valence-electron chi connectivity index (χ0n) is 15.7. The zero-order valence-corrected chi connectivity index (χ0v) is 17.2. The predicted molar refractivity (Wildman–Crippen MR) is 114 cm³/mol. The number of aryl methyl sites for hydroxylation is 1. The molecule has 4 N–H and O–H groups in total. The van der Waals surface area contributed by atoms with E-state index in [9.17, 15) is 10.2 Å². The number of hydrogen-bond acceptors (Lipinski definition) is 4. The topological polar surface area (TPSA) is 75.7 Å². The van der Waals surface area contributed by atoms with Crippen molar-refractivity contribution in [2.24, 2.45) is 5.73 Å². The van der Waals surface area contributed by atoms with Crippen LogP contribution in [0.4, 0.5) is 0 Å². The van der Waals surface area contributed by atoms with Crippen molar-refractivity contribution in [3.8, 4) is 16.9 Å². The van der Waals surface area contributed by atoms with Crippen molar-refractivity contribution in [1.29, 1.82) is 0 Å². The molecular weight excluding hydrogens is 385 g/mol. The molecule has 0 aliphatic carbocycles. The Bertz CT molecular complexity index is 688. The van der Waals surface area contributed by atoms with Crippen LogP contribution in [0.5, 0.6) is 5.75 Å². The van der Waals surface area contributed by atoms with Crippen LogP contribution in [0.1, 0.15) is 31.7 Å². The molecule has 0 unspecified atom stereocenters. The molecular formula is C21H29Cl2NO3. The van der Waals surface area contributed by atoms with Gasteiger partial charge in [0.05, 0.1) is 30.4 Å². The van der Waals surface area contributed by atoms with Gasteiger partial charge in [0.1, 0.15) is 5.75 Å². The van der Waals surface area contributed by atoms with Crippen LogP contribution in [0.15, 0.2) is 42.5 Å². The Kier molecular flexibility index (Phi) is 10.1. The number of hydrogen-bond donors (Lipinski definition) is 3. The summed E-state index contributed by atoms with van der Waals surface area (Å²) < 4.78 is 5.69. The lowest BCUT2D eigenvalue weighted by Gasteiger charge is -2.24. The molecule has 0 radical (unpaired) electrons. The van der Waals surface area contributed by atoms with Gasteiger partial charge in [0.15, 0.2) is 0 Å². The molecule has 0 atom stereocenters. The summed E-state index contributed by atoms with van der Waals surface area (Å²) in [6, 6.07) is 14.0. The van der Waals surface area contributed by atoms with Crippen molar-refractivity contribution in [3.63, 3.8) is 0 Å². The van der Waals surface area contributed by atoms with Crippen molar-refractivity contribution < 1.29 is 14.9 Å². The summed E-state index contributed by atoms with van der Waals surface area (Å²) in [5, 5.41) is 19.1. The maximum absolute atomic E-state index is 9.26. The lowest BCUT2D eigenvalue weighted by atomic mass is 9.93. The first-order valence-corrected chi connectivity index (χ1v) is 9.41. The normalized spacial score (nSPS) is 11.1. The molecule has 2 aromatic rings. The fraction of sp³-hybridized carbons (Fsp3) is 0.429. The molecule has 4 nitrogen and oxygen atoms in total. The first kappa shape index (κ1) is 23.7. The summed E-state index contributed by atoms with van der Waals surface area (Å²) in [7, 11) is 0. The molecule has 150 valence electrons. The first-order chi connectivity index (χ1) is 12.5. The van der Waals surface area contributed by atoms with Gasteiger partial charge in [-0.15, -0.1) is 12.4 Å². The highest BCUT2D eigenvalue weighted by Crippen LogP contribution is 2.31. The predicted octanol–water partition coefficient (Wildman–Crippen LogP) is 4.22. The lowest BCUT2D eigenvalue weighted by Crippen LogP contribution is -2.47. The number of aliphatic hydroxyl groups is 2. The minimum absolute atomic E-state index is 0. The van der Waals surface area contributed by atoms with Crippen LogP contribution in [0.3, 0.4) is 0 Å². The number of aliphatic hydroxyl groups excluding tert-OH is 2. The summed E-state index contributed by atoms with van der Waals surface area (Å²) in [5.41, 5.74) is 8.19. The van der Waals surface area contributed by atoms with Crippen molar-refractivity contribution in [2.45, 2.75) is 38.1 Å². The van der Waals surface area contributed by atoms with E-state index >= 15 is 0 Å². The van der Waals surface area contributed by atoms with Gasteiger partial charge in [-0.05, 0) is 48.1 Å². The van der Waals surface area contributed by atoms with Crippen LogP contribution in [0.2, 0.25) is 5.02 Å². The van der Waals surface area contributed by atoms with Crippen LogP contribution in [-0.2, 0) is 6.42 Å². The van der Waals surface area contributed by atoms with E-state index in [1.807, 2.05) is 42.5 Å². The highest BCUT2D eigenvalue weighted by atomic mass is 35.5. The summed E-state index contributed by atoms with van der Waals surface area (Å²) in [6.07, 6.45) is 3.32. The van der Waals surface area contributed by atoms with Gasteiger partial charge in [0, 0.05) is 0 Å². The van der Waals surface area contributed by atoms with Crippen molar-refractivity contribution in [3.05, 3.63) is 53.1 Å². The van der Waals surface area contributed by atoms with Crippen LogP contribution >= 0.6 is 24.0 Å². The second-order valence-electron chi connectivity index (χ2n) is 6.72. The molecule has 0 aliphatic rings. The van der Waals surface area contributed by atoms with E-state index in [1.54, 1.807) is 0 Å². The molecule has 0 spiro atoms. The Morgan fingerprint density at radius 2 is 1.67 bits per heavy atom. The van der Waals surface area contributed by atoms with Crippen molar-refractivity contribution in [1.82, 2.24) is 0 Å². The lowest BCUT2D eigenvalue weighted by molar-refractivity contribution is 0.115. The van der Waals surface area contributed by atoms with Crippen molar-refractivity contribution in [2.75, 3.05) is 19.8 Å². The molecule has 0 aromatic heterocycles. The molecule has 0 saturated carbocycles. The van der Waals surface area contributed by atoms with Crippen LogP contribution in [0.25, 0.3) is 11.1 Å². The Hall–Kier alpha value is -1.30. The second kappa shape index (κ2) is 11.5. The third kappa shape index (κ3) is 6.98. The van der Waals surface area contributed by atoms with Gasteiger partial charge in [-0.1, -0.05) is 55.3 Å². The summed E-state index contributed by atoms with van der Waals surface area (Å²) in [5.74, 6) is 0.716. The van der Waals surface area contributed by atoms with Gasteiger partial charge >= 0.3 is 0 Å². The van der Waals surface area contributed by atoms with E-state index in [0.717, 1.165) is 29.5 Å². The molecule has 0 amide bonds. The number of rotatable bonds is 10. The quantitative estimate of drug-likeness (QED) is 0.509. The summed E-state index contributed by atoms with van der Waals surface area (Å²) >= 11 is 6.34. The minimum atomic E-state index is -0.931. The molecule has 27 heavy (non-hydrogen) atoms. The highest BCUT2D eigenvalue weighted by Gasteiger charge is 2.22. The van der Waals surface area contributed by atoms with Gasteiger partial charge in [0.25, 0.3) is 0 Å². The molecule has 0 heterocycles. The van der Waals surface area contributed by atoms with Gasteiger partial charge in [0.2, 0.25) is 0 Å². The number of nitrogens with two attached hydrogens (primary N) is 1. The first-order valence-electron chi connectivity index (χ1n) is 9.03. The SMILES string of the molecule is CCCCOc1ccc(-c2ccc(CCC(N)(CO)CO)cc2)cc1Cl.Cl. The van der Waals surface area contributed by atoms with Crippen molar-refractivity contribution >= 4 is 24.0 Å². The number of ether oxygens (including phenoxy) is 1. The molecule has 6 heteroatoms. The molecule has 0 aliphatic heterocycles. The van der Waals surface area contributed by atoms with E-state index < -0.39 is 5.54 Å². The average molecular weight is 414 g/mol. The fourth-order valence-corrected chi connectivity index (χ4v) is 2.82. The van der Waals surface area contributed by atoms with E-state index in [4.69, 9.17) is 22.1 Å². The Labute approximate surface area is 172 Å². The maximum atomic E-state index is 9.26. The third-order valence-corrected chi connectivity index (χ3v) is 4.81. The fourth-order valence-electron chi connectivity index (χ4n) is 2.59. The molecule has 2 aromatic carbocycles.